The number of urea groups is 1. The van der Waals surface area contributed by atoms with Crippen molar-refractivity contribution in [2.45, 2.75) is 45.1 Å². The van der Waals surface area contributed by atoms with E-state index in [0.29, 0.717) is 36.0 Å². The first-order chi connectivity index (χ1) is 17.0. The van der Waals surface area contributed by atoms with Gasteiger partial charge >= 0.3 is 6.03 Å². The molecule has 1 aromatic heterocycles. The first-order valence-corrected chi connectivity index (χ1v) is 12.4. The predicted molar refractivity (Wildman–Crippen MR) is 142 cm³/mol. The lowest BCUT2D eigenvalue weighted by Crippen LogP contribution is -2.30. The first-order valence-electron chi connectivity index (χ1n) is 11.7. The molecule has 3 N–H and O–H groups in total. The molecule has 0 bridgehead atoms. The molecule has 0 radical (unpaired) electrons. The van der Waals surface area contributed by atoms with Gasteiger partial charge in [0.1, 0.15) is 5.82 Å². The van der Waals surface area contributed by atoms with Crippen LogP contribution in [-0.2, 0) is 16.6 Å². The fraction of sp³-hybridized carbons (Fsp3) is 0.346. The zero-order valence-corrected chi connectivity index (χ0v) is 21.9. The fourth-order valence-corrected chi connectivity index (χ4v) is 4.26. The van der Waals surface area contributed by atoms with Gasteiger partial charge in [-0.15, -0.1) is 0 Å². The van der Waals surface area contributed by atoms with Crippen molar-refractivity contribution < 1.29 is 14.7 Å². The van der Waals surface area contributed by atoms with E-state index in [4.69, 9.17) is 28.3 Å². The average molecular weight is 530 g/mol. The molecule has 2 heterocycles. The third-order valence-corrected chi connectivity index (χ3v) is 6.79. The van der Waals surface area contributed by atoms with Crippen LogP contribution in [0.15, 0.2) is 48.5 Å². The number of carbonyl (C=O) groups is 2. The van der Waals surface area contributed by atoms with Crippen molar-refractivity contribution in [1.82, 2.24) is 14.7 Å². The number of likely N-dealkylation sites (tertiary alicyclic amines) is 1. The summed E-state index contributed by atoms with van der Waals surface area (Å²) in [5.74, 6) is 0.470. The maximum Gasteiger partial charge on any atom is 0.324 e. The summed E-state index contributed by atoms with van der Waals surface area (Å²) in [6.07, 6.45) is 0.436. The quantitative estimate of drug-likeness (QED) is 0.419. The Morgan fingerprint density at radius 1 is 1.11 bits per heavy atom. The van der Waals surface area contributed by atoms with Gasteiger partial charge in [0.25, 0.3) is 0 Å². The number of hydrogen-bond acceptors (Lipinski definition) is 4. The SMILES string of the molecule is CC(C)(C)c1cc(NC(=O)Nc2cccc(Cl)c2Cl)n(-c2ccc(CC(=O)N3CC[C@@H](O)C3)cc2)n1. The number of aromatic nitrogens is 2. The van der Waals surface area contributed by atoms with Crippen molar-refractivity contribution in [2.24, 2.45) is 0 Å². The van der Waals surface area contributed by atoms with Gasteiger partial charge in [0.2, 0.25) is 5.91 Å². The first kappa shape index (κ1) is 26.0. The van der Waals surface area contributed by atoms with Gasteiger partial charge < -0.3 is 15.3 Å². The van der Waals surface area contributed by atoms with Gasteiger partial charge in [-0.2, -0.15) is 5.10 Å². The number of benzene rings is 2. The number of nitrogens with zero attached hydrogens (tertiary/aromatic N) is 3. The summed E-state index contributed by atoms with van der Waals surface area (Å²) in [7, 11) is 0. The summed E-state index contributed by atoms with van der Waals surface area (Å²) in [5.41, 5.74) is 2.53. The maximum absolute atomic E-state index is 12.8. The van der Waals surface area contributed by atoms with E-state index in [1.807, 2.05) is 51.1 Å². The normalized spacial score (nSPS) is 15.7. The van der Waals surface area contributed by atoms with Crippen molar-refractivity contribution in [2.75, 3.05) is 23.7 Å². The smallest absolute Gasteiger partial charge is 0.324 e. The van der Waals surface area contributed by atoms with Crippen LogP contribution in [0.4, 0.5) is 16.3 Å². The molecule has 0 aliphatic carbocycles. The molecule has 4 rings (SSSR count). The van der Waals surface area contributed by atoms with E-state index < -0.39 is 12.1 Å². The molecule has 190 valence electrons. The van der Waals surface area contributed by atoms with Crippen LogP contribution in [0, 0.1) is 0 Å². The van der Waals surface area contributed by atoms with Gasteiger partial charge in [-0.25, -0.2) is 9.48 Å². The summed E-state index contributed by atoms with van der Waals surface area (Å²) in [6.45, 7) is 7.09. The molecule has 0 saturated carbocycles. The Bertz CT molecular complexity index is 1270. The number of nitrogens with one attached hydrogen (secondary N) is 2. The molecule has 3 amide bonds. The van der Waals surface area contributed by atoms with E-state index in [0.717, 1.165) is 16.9 Å². The lowest BCUT2D eigenvalue weighted by atomic mass is 9.92. The van der Waals surface area contributed by atoms with Crippen LogP contribution >= 0.6 is 23.2 Å². The second kappa shape index (κ2) is 10.5. The minimum Gasteiger partial charge on any atom is -0.391 e. The Morgan fingerprint density at radius 2 is 1.83 bits per heavy atom. The Labute approximate surface area is 220 Å². The molecular formula is C26H29Cl2N5O3. The topological polar surface area (TPSA) is 99.5 Å². The number of halogens is 2. The van der Waals surface area contributed by atoms with E-state index >= 15 is 0 Å². The van der Waals surface area contributed by atoms with Crippen LogP contribution in [-0.4, -0.2) is 50.9 Å². The van der Waals surface area contributed by atoms with Crippen LogP contribution in [0.2, 0.25) is 10.0 Å². The van der Waals surface area contributed by atoms with Crippen molar-refractivity contribution in [3.8, 4) is 5.69 Å². The average Bonchev–Trinajstić information content (AvgIpc) is 3.44. The predicted octanol–water partition coefficient (Wildman–Crippen LogP) is 5.26. The van der Waals surface area contributed by atoms with Crippen LogP contribution < -0.4 is 10.6 Å². The Hall–Kier alpha value is -3.07. The van der Waals surface area contributed by atoms with Gasteiger partial charge in [-0.3, -0.25) is 10.1 Å². The van der Waals surface area contributed by atoms with Crippen molar-refractivity contribution in [3.63, 3.8) is 0 Å². The monoisotopic (exact) mass is 529 g/mol. The summed E-state index contributed by atoms with van der Waals surface area (Å²) < 4.78 is 1.65. The highest BCUT2D eigenvalue weighted by Crippen LogP contribution is 2.30. The molecule has 2 aromatic carbocycles. The second-order valence-electron chi connectivity index (χ2n) is 9.88. The Kier molecular flexibility index (Phi) is 7.59. The molecule has 10 heteroatoms. The van der Waals surface area contributed by atoms with E-state index in [2.05, 4.69) is 10.6 Å². The molecule has 1 fully saturated rings. The minimum absolute atomic E-state index is 0.00730. The minimum atomic E-state index is -0.490. The molecule has 0 spiro atoms. The number of hydrogen-bond donors (Lipinski definition) is 3. The highest BCUT2D eigenvalue weighted by atomic mass is 35.5. The standard InChI is InChI=1S/C26H29Cl2N5O3/c1-26(2,3)21-14-22(30-25(36)29-20-6-4-5-19(27)24(20)28)33(31-21)17-9-7-16(8-10-17)13-23(35)32-12-11-18(34)15-32/h4-10,14,18,34H,11-13,15H2,1-3H3,(H2,29,30,36)/t18-/m1/s1. The summed E-state index contributed by atoms with van der Waals surface area (Å²) in [5, 5.41) is 20.6. The van der Waals surface area contributed by atoms with Crippen LogP contribution in [0.25, 0.3) is 5.69 Å². The number of rotatable bonds is 5. The van der Waals surface area contributed by atoms with Gasteiger partial charge in [-0.1, -0.05) is 62.2 Å². The molecule has 36 heavy (non-hydrogen) atoms. The zero-order valence-electron chi connectivity index (χ0n) is 20.4. The zero-order chi connectivity index (χ0) is 26.0. The molecular weight excluding hydrogens is 501 g/mol. The summed E-state index contributed by atoms with van der Waals surface area (Å²) in [6, 6.07) is 13.8. The second-order valence-corrected chi connectivity index (χ2v) is 10.7. The van der Waals surface area contributed by atoms with E-state index in [9.17, 15) is 14.7 Å². The number of anilines is 2. The summed E-state index contributed by atoms with van der Waals surface area (Å²) >= 11 is 12.3. The Balaban J connectivity index is 1.53. The van der Waals surface area contributed by atoms with E-state index in [-0.39, 0.29) is 22.8 Å². The number of aliphatic hydroxyl groups is 1. The highest BCUT2D eigenvalue weighted by molar-refractivity contribution is 6.44. The van der Waals surface area contributed by atoms with E-state index in [1.165, 1.54) is 0 Å². The molecule has 1 saturated heterocycles. The number of aliphatic hydroxyl groups excluding tert-OH is 1. The lowest BCUT2D eigenvalue weighted by Gasteiger charge is -2.16. The van der Waals surface area contributed by atoms with Crippen molar-refractivity contribution >= 4 is 46.6 Å². The number of carbonyl (C=O) groups excluding carboxylic acids is 2. The Morgan fingerprint density at radius 3 is 2.47 bits per heavy atom. The summed E-state index contributed by atoms with van der Waals surface area (Å²) in [4.78, 5) is 27.0. The lowest BCUT2D eigenvalue weighted by molar-refractivity contribution is -0.129. The van der Waals surface area contributed by atoms with E-state index in [1.54, 1.807) is 27.8 Å². The largest absolute Gasteiger partial charge is 0.391 e. The molecule has 3 aromatic rings. The van der Waals surface area contributed by atoms with Crippen molar-refractivity contribution in [3.05, 3.63) is 69.8 Å². The van der Waals surface area contributed by atoms with Gasteiger partial charge in [0.05, 0.1) is 39.6 Å². The van der Waals surface area contributed by atoms with Crippen LogP contribution in [0.3, 0.4) is 0 Å². The number of amides is 3. The highest BCUT2D eigenvalue weighted by Gasteiger charge is 2.25. The molecule has 1 aliphatic heterocycles. The van der Waals surface area contributed by atoms with Gasteiger partial charge in [0.15, 0.2) is 0 Å². The van der Waals surface area contributed by atoms with Crippen LogP contribution in [0.5, 0.6) is 0 Å². The van der Waals surface area contributed by atoms with Gasteiger partial charge in [0, 0.05) is 24.6 Å². The molecule has 8 nitrogen and oxygen atoms in total. The molecule has 0 unspecified atom stereocenters. The van der Waals surface area contributed by atoms with Crippen molar-refractivity contribution in [1.29, 1.82) is 0 Å². The van der Waals surface area contributed by atoms with Gasteiger partial charge in [-0.05, 0) is 36.2 Å². The van der Waals surface area contributed by atoms with Crippen LogP contribution in [0.1, 0.15) is 38.4 Å². The maximum atomic E-state index is 12.8. The molecule has 1 aliphatic rings. The number of β-amino-alcohol motifs (C(OH)–C–C–N with tert-alkyl or cyclic N) is 1. The fourth-order valence-electron chi connectivity index (χ4n) is 3.91. The third kappa shape index (κ3) is 6.00. The molecule has 1 atom stereocenters. The third-order valence-electron chi connectivity index (χ3n) is 5.97.